The lowest BCUT2D eigenvalue weighted by molar-refractivity contribution is -0.158. The van der Waals surface area contributed by atoms with Gasteiger partial charge in [-0.05, 0) is 35.7 Å². The lowest BCUT2D eigenvalue weighted by Gasteiger charge is -2.35. The van der Waals surface area contributed by atoms with Gasteiger partial charge in [0.05, 0.1) is 12.1 Å². The summed E-state index contributed by atoms with van der Waals surface area (Å²) in [6, 6.07) is 16.8. The first-order valence-corrected chi connectivity index (χ1v) is 12.0. The first-order valence-electron chi connectivity index (χ1n) is 12.0. The number of nitrogens with two attached hydrogens (primary N) is 1. The Morgan fingerprint density at radius 2 is 1.45 bits per heavy atom. The molecule has 0 bridgehead atoms. The normalized spacial score (nSPS) is 20.7. The van der Waals surface area contributed by atoms with Crippen LogP contribution in [0.15, 0.2) is 91.0 Å². The van der Waals surface area contributed by atoms with Gasteiger partial charge in [0.2, 0.25) is 11.8 Å². The van der Waals surface area contributed by atoms with E-state index in [0.29, 0.717) is 16.5 Å². The zero-order valence-corrected chi connectivity index (χ0v) is 20.5. The van der Waals surface area contributed by atoms with Gasteiger partial charge >= 0.3 is 0 Å². The van der Waals surface area contributed by atoms with E-state index in [-0.39, 0.29) is 0 Å². The summed E-state index contributed by atoms with van der Waals surface area (Å²) in [6.07, 6.45) is 1.35. The van der Waals surface area contributed by atoms with Crippen LogP contribution in [-0.2, 0) is 14.4 Å². The van der Waals surface area contributed by atoms with Crippen molar-refractivity contribution >= 4 is 17.7 Å². The first-order chi connectivity index (χ1) is 18.2. The summed E-state index contributed by atoms with van der Waals surface area (Å²) in [5.74, 6) is -5.67. The first kappa shape index (κ1) is 26.8. The summed E-state index contributed by atoms with van der Waals surface area (Å²) in [5, 5.41) is 13.7. The van der Waals surface area contributed by atoms with Crippen LogP contribution in [0, 0.1) is 11.6 Å². The monoisotopic (exact) mass is 519 g/mol. The summed E-state index contributed by atoms with van der Waals surface area (Å²) in [7, 11) is 0. The van der Waals surface area contributed by atoms with Crippen molar-refractivity contribution in [2.24, 2.45) is 5.73 Å². The predicted molar refractivity (Wildman–Crippen MR) is 136 cm³/mol. The smallest absolute Gasteiger partial charge is 0.263 e. The van der Waals surface area contributed by atoms with Crippen molar-refractivity contribution in [1.82, 2.24) is 10.2 Å². The van der Waals surface area contributed by atoms with E-state index in [4.69, 9.17) is 5.73 Å². The Kier molecular flexibility index (Phi) is 8.09. The molecular weight excluding hydrogens is 492 g/mol. The molecule has 0 saturated heterocycles. The highest BCUT2D eigenvalue weighted by Crippen LogP contribution is 2.32. The molecule has 196 valence electrons. The number of amides is 3. The van der Waals surface area contributed by atoms with Crippen LogP contribution in [-0.4, -0.2) is 39.8 Å². The Labute approximate surface area is 218 Å². The number of carbonyl (C=O) groups excluding carboxylic acids is 3. The fourth-order valence-electron chi connectivity index (χ4n) is 4.50. The molecule has 9 heteroatoms. The van der Waals surface area contributed by atoms with Gasteiger partial charge in [0, 0.05) is 12.0 Å². The number of nitrogens with zero attached hydrogens (tertiary/aromatic N) is 1. The molecule has 1 aliphatic heterocycles. The Morgan fingerprint density at radius 3 is 2.00 bits per heavy atom. The predicted octanol–water partition coefficient (Wildman–Crippen LogP) is 3.28. The van der Waals surface area contributed by atoms with E-state index in [1.54, 1.807) is 42.5 Å². The van der Waals surface area contributed by atoms with E-state index in [0.717, 1.165) is 17.7 Å². The van der Waals surface area contributed by atoms with Crippen molar-refractivity contribution in [3.8, 4) is 0 Å². The summed E-state index contributed by atoms with van der Waals surface area (Å²) in [6.45, 7) is 1.34. The second-order valence-corrected chi connectivity index (χ2v) is 9.10. The van der Waals surface area contributed by atoms with E-state index in [1.807, 2.05) is 30.3 Å². The van der Waals surface area contributed by atoms with Gasteiger partial charge in [-0.25, -0.2) is 8.78 Å². The summed E-state index contributed by atoms with van der Waals surface area (Å²) in [5.41, 5.74) is 6.85. The molecule has 0 fully saturated rings. The molecule has 3 aromatic carbocycles. The third kappa shape index (κ3) is 5.69. The second kappa shape index (κ2) is 11.5. The molecule has 4 rings (SSSR count). The molecule has 1 heterocycles. The van der Waals surface area contributed by atoms with Crippen LogP contribution in [0.5, 0.6) is 0 Å². The quantitative estimate of drug-likeness (QED) is 0.433. The fraction of sp³-hybridized carbons (Fsp3) is 0.207. The number of imide groups is 1. The third-order valence-corrected chi connectivity index (χ3v) is 6.34. The van der Waals surface area contributed by atoms with Crippen molar-refractivity contribution in [2.45, 2.75) is 37.1 Å². The molecule has 0 unspecified atom stereocenters. The van der Waals surface area contributed by atoms with Gasteiger partial charge in [0.25, 0.3) is 5.91 Å². The molecule has 0 saturated carbocycles. The Balaban J connectivity index is 1.82. The maximum absolute atomic E-state index is 13.9. The van der Waals surface area contributed by atoms with Crippen LogP contribution in [0.25, 0.3) is 0 Å². The minimum absolute atomic E-state index is 0.405. The fourth-order valence-corrected chi connectivity index (χ4v) is 4.50. The van der Waals surface area contributed by atoms with Gasteiger partial charge in [-0.3, -0.25) is 19.3 Å². The average Bonchev–Trinajstić information content (AvgIpc) is 3.07. The highest BCUT2D eigenvalue weighted by atomic mass is 19.1. The Hall–Kier alpha value is -4.21. The van der Waals surface area contributed by atoms with Crippen LogP contribution in [0.2, 0.25) is 0 Å². The highest BCUT2D eigenvalue weighted by molar-refractivity contribution is 6.04. The number of rotatable bonds is 6. The van der Waals surface area contributed by atoms with E-state index < -0.39 is 65.1 Å². The molecule has 0 aliphatic carbocycles. The topological polar surface area (TPSA) is 113 Å². The van der Waals surface area contributed by atoms with Gasteiger partial charge < -0.3 is 16.2 Å². The number of aliphatic hydroxyl groups excluding tert-OH is 1. The minimum atomic E-state index is -2.13. The molecule has 3 amide bonds. The number of aliphatic hydroxyl groups is 1. The number of carbonyl (C=O) groups is 3. The standard InChI is InChI=1S/C29H27F2N3O4/c1-17(32)28(37)34(29(38)26(35)20-14-21(30)16-22(31)15-20)25-23(18-8-4-2-5-9-18)12-13-24(33-27(25)36)19-10-6-3-7-11-19/h2-17,23-26,35H,32H2,1H3,(H,33,36)/t17-,23+,24-,25-,26-/m0/s1. The average molecular weight is 520 g/mol. The van der Waals surface area contributed by atoms with Gasteiger partial charge in [0.15, 0.2) is 6.10 Å². The molecule has 0 aromatic heterocycles. The molecular formula is C29H27F2N3O4. The van der Waals surface area contributed by atoms with E-state index in [9.17, 15) is 28.3 Å². The van der Waals surface area contributed by atoms with Crippen molar-refractivity contribution in [3.05, 3.63) is 119 Å². The third-order valence-electron chi connectivity index (χ3n) is 6.34. The molecule has 0 spiro atoms. The van der Waals surface area contributed by atoms with Gasteiger partial charge in [-0.2, -0.15) is 0 Å². The lowest BCUT2D eigenvalue weighted by Crippen LogP contribution is -2.58. The van der Waals surface area contributed by atoms with Crippen LogP contribution < -0.4 is 11.1 Å². The molecule has 0 radical (unpaired) electrons. The van der Waals surface area contributed by atoms with E-state index in [1.165, 1.54) is 6.92 Å². The maximum atomic E-state index is 13.9. The van der Waals surface area contributed by atoms with Crippen molar-refractivity contribution in [3.63, 3.8) is 0 Å². The summed E-state index contributed by atoms with van der Waals surface area (Å²) in [4.78, 5) is 41.4. The van der Waals surface area contributed by atoms with Crippen molar-refractivity contribution in [1.29, 1.82) is 0 Å². The van der Waals surface area contributed by atoms with Crippen LogP contribution >= 0.6 is 0 Å². The van der Waals surface area contributed by atoms with Gasteiger partial charge in [-0.15, -0.1) is 0 Å². The van der Waals surface area contributed by atoms with Crippen LogP contribution in [0.3, 0.4) is 0 Å². The number of halogens is 2. The number of benzene rings is 3. The molecule has 3 aromatic rings. The number of hydrogen-bond donors (Lipinski definition) is 3. The summed E-state index contributed by atoms with van der Waals surface area (Å²) >= 11 is 0. The minimum Gasteiger partial charge on any atom is -0.378 e. The van der Waals surface area contributed by atoms with Crippen LogP contribution in [0.4, 0.5) is 8.78 Å². The highest BCUT2D eigenvalue weighted by Gasteiger charge is 2.44. The Bertz CT molecular complexity index is 1330. The molecule has 38 heavy (non-hydrogen) atoms. The lowest BCUT2D eigenvalue weighted by atomic mass is 9.88. The molecule has 5 atom stereocenters. The van der Waals surface area contributed by atoms with Crippen LogP contribution in [0.1, 0.15) is 41.7 Å². The molecule has 7 nitrogen and oxygen atoms in total. The molecule has 1 aliphatic rings. The summed E-state index contributed by atoms with van der Waals surface area (Å²) < 4.78 is 27.7. The van der Waals surface area contributed by atoms with Gasteiger partial charge in [0.1, 0.15) is 17.7 Å². The number of hydrogen-bond acceptors (Lipinski definition) is 5. The largest absolute Gasteiger partial charge is 0.378 e. The van der Waals surface area contributed by atoms with Crippen molar-refractivity contribution in [2.75, 3.05) is 0 Å². The van der Waals surface area contributed by atoms with E-state index in [2.05, 4.69) is 5.32 Å². The maximum Gasteiger partial charge on any atom is 0.263 e. The zero-order valence-electron chi connectivity index (χ0n) is 20.5. The second-order valence-electron chi connectivity index (χ2n) is 9.10. The SMILES string of the molecule is C[C@H](N)C(=O)N(C(=O)[C@@H](O)c1cc(F)cc(F)c1)[C@@H]1C(=O)N[C@H](c2ccccc2)C=C[C@@H]1c1ccccc1. The molecule has 4 N–H and O–H groups in total. The van der Waals surface area contributed by atoms with E-state index >= 15 is 0 Å². The zero-order chi connectivity index (χ0) is 27.4. The number of nitrogens with one attached hydrogen (secondary N) is 1. The Morgan fingerprint density at radius 1 is 0.895 bits per heavy atom. The van der Waals surface area contributed by atoms with Gasteiger partial charge in [-0.1, -0.05) is 72.8 Å². The van der Waals surface area contributed by atoms with Crippen molar-refractivity contribution < 1.29 is 28.3 Å².